The van der Waals surface area contributed by atoms with Crippen LogP contribution in [0.1, 0.15) is 22.3 Å². The molecule has 0 spiro atoms. The van der Waals surface area contributed by atoms with Crippen LogP contribution in [0.5, 0.6) is 0 Å². The highest BCUT2D eigenvalue weighted by Gasteiger charge is 2.04. The lowest BCUT2D eigenvalue weighted by molar-refractivity contribution is 1.33. The minimum Gasteiger partial charge on any atom is -0.355 e. The van der Waals surface area contributed by atoms with Gasteiger partial charge in [-0.25, -0.2) is 0 Å². The van der Waals surface area contributed by atoms with Crippen molar-refractivity contribution < 1.29 is 0 Å². The average Bonchev–Trinajstić information content (AvgIpc) is 2.57. The maximum absolute atomic E-state index is 3.52. The topological polar surface area (TPSA) is 24.1 Å². The Kier molecular flexibility index (Phi) is 4.57. The minimum absolute atomic E-state index is 1.09. The Bertz CT molecular complexity index is 828. The third kappa shape index (κ3) is 3.43. The lowest BCUT2D eigenvalue weighted by Gasteiger charge is -2.14. The number of nitrogens with one attached hydrogen (secondary N) is 2. The molecule has 0 bridgehead atoms. The van der Waals surface area contributed by atoms with Crippen LogP contribution >= 0.6 is 0 Å². The molecule has 24 heavy (non-hydrogen) atoms. The van der Waals surface area contributed by atoms with Crippen molar-refractivity contribution in [1.82, 2.24) is 0 Å². The standard InChI is InChI=1S/C22H24N2/c1-15-7-6-10-21(18(15)4)23-19-11-13-20(14-12-19)24-22-16(2)8-5-9-17(22)3/h5-14,23-24H,1-4H3. The first-order valence-electron chi connectivity index (χ1n) is 8.31. The van der Waals surface area contributed by atoms with Crippen LogP contribution in [0.4, 0.5) is 22.7 Å². The minimum atomic E-state index is 1.09. The zero-order chi connectivity index (χ0) is 17.1. The molecule has 0 amide bonds. The van der Waals surface area contributed by atoms with Crippen molar-refractivity contribution in [3.63, 3.8) is 0 Å². The van der Waals surface area contributed by atoms with Crippen LogP contribution in [0.15, 0.2) is 60.7 Å². The van der Waals surface area contributed by atoms with Gasteiger partial charge in [-0.3, -0.25) is 0 Å². The number of benzene rings is 3. The molecule has 122 valence electrons. The highest BCUT2D eigenvalue weighted by Crippen LogP contribution is 2.27. The van der Waals surface area contributed by atoms with Gasteiger partial charge in [0.05, 0.1) is 0 Å². The monoisotopic (exact) mass is 316 g/mol. The molecule has 0 aliphatic heterocycles. The molecule has 2 heteroatoms. The second-order valence-electron chi connectivity index (χ2n) is 6.34. The molecule has 0 saturated carbocycles. The molecule has 0 heterocycles. The van der Waals surface area contributed by atoms with E-state index >= 15 is 0 Å². The van der Waals surface area contributed by atoms with E-state index in [1.807, 2.05) is 0 Å². The second-order valence-corrected chi connectivity index (χ2v) is 6.34. The fourth-order valence-electron chi connectivity index (χ4n) is 2.83. The van der Waals surface area contributed by atoms with Crippen LogP contribution in [0.25, 0.3) is 0 Å². The van der Waals surface area contributed by atoms with Crippen molar-refractivity contribution >= 4 is 22.7 Å². The van der Waals surface area contributed by atoms with Crippen LogP contribution in [0, 0.1) is 27.7 Å². The van der Waals surface area contributed by atoms with Crippen molar-refractivity contribution in [1.29, 1.82) is 0 Å². The van der Waals surface area contributed by atoms with E-state index in [2.05, 4.69) is 99.0 Å². The molecule has 2 nitrogen and oxygen atoms in total. The van der Waals surface area contributed by atoms with E-state index in [-0.39, 0.29) is 0 Å². The summed E-state index contributed by atoms with van der Waals surface area (Å²) in [5, 5.41) is 7.02. The Hall–Kier alpha value is -2.74. The summed E-state index contributed by atoms with van der Waals surface area (Å²) in [6.45, 7) is 8.55. The van der Waals surface area contributed by atoms with Gasteiger partial charge in [0, 0.05) is 22.7 Å². The van der Waals surface area contributed by atoms with E-state index in [0.29, 0.717) is 0 Å². The molecule has 0 unspecified atom stereocenters. The zero-order valence-corrected chi connectivity index (χ0v) is 14.8. The van der Waals surface area contributed by atoms with E-state index in [0.717, 1.165) is 17.1 Å². The van der Waals surface area contributed by atoms with Crippen LogP contribution in [-0.4, -0.2) is 0 Å². The Labute approximate surface area is 144 Å². The van der Waals surface area contributed by atoms with Crippen molar-refractivity contribution in [2.24, 2.45) is 0 Å². The van der Waals surface area contributed by atoms with E-state index in [9.17, 15) is 0 Å². The number of anilines is 4. The first kappa shape index (κ1) is 16.1. The van der Waals surface area contributed by atoms with Gasteiger partial charge in [-0.1, -0.05) is 30.3 Å². The third-order valence-electron chi connectivity index (χ3n) is 4.52. The molecule has 3 aromatic rings. The summed E-state index contributed by atoms with van der Waals surface area (Å²) in [4.78, 5) is 0. The van der Waals surface area contributed by atoms with Crippen molar-refractivity contribution in [2.45, 2.75) is 27.7 Å². The Balaban J connectivity index is 1.77. The Morgan fingerprint density at radius 1 is 0.542 bits per heavy atom. The maximum atomic E-state index is 3.52. The molecule has 0 aliphatic carbocycles. The smallest absolute Gasteiger partial charge is 0.0443 e. The van der Waals surface area contributed by atoms with Crippen molar-refractivity contribution in [3.05, 3.63) is 82.9 Å². The van der Waals surface area contributed by atoms with E-state index in [1.54, 1.807) is 0 Å². The van der Waals surface area contributed by atoms with Gasteiger partial charge >= 0.3 is 0 Å². The molecule has 0 aliphatic rings. The predicted molar refractivity (Wildman–Crippen MR) is 105 cm³/mol. The van der Waals surface area contributed by atoms with Gasteiger partial charge in [0.25, 0.3) is 0 Å². The molecule has 3 rings (SSSR count). The van der Waals surface area contributed by atoms with E-state index in [1.165, 1.54) is 27.9 Å². The fraction of sp³-hybridized carbons (Fsp3) is 0.182. The average molecular weight is 316 g/mol. The van der Waals surface area contributed by atoms with Gasteiger partial charge in [-0.2, -0.15) is 0 Å². The summed E-state index contributed by atoms with van der Waals surface area (Å²) < 4.78 is 0. The Morgan fingerprint density at radius 3 is 1.67 bits per heavy atom. The highest BCUT2D eigenvalue weighted by atomic mass is 14.9. The highest BCUT2D eigenvalue weighted by molar-refractivity contribution is 5.70. The van der Waals surface area contributed by atoms with Crippen LogP contribution in [-0.2, 0) is 0 Å². The maximum Gasteiger partial charge on any atom is 0.0443 e. The SMILES string of the molecule is Cc1cccc(Nc2ccc(Nc3c(C)cccc3C)cc2)c1C. The number of hydrogen-bond acceptors (Lipinski definition) is 2. The largest absolute Gasteiger partial charge is 0.355 e. The normalized spacial score (nSPS) is 10.5. The number of aryl methyl sites for hydroxylation is 3. The molecule has 0 atom stereocenters. The molecule has 0 radical (unpaired) electrons. The van der Waals surface area contributed by atoms with Gasteiger partial charge in [0.15, 0.2) is 0 Å². The van der Waals surface area contributed by atoms with Gasteiger partial charge < -0.3 is 10.6 Å². The predicted octanol–water partition coefficient (Wildman–Crippen LogP) is 6.41. The summed E-state index contributed by atoms with van der Waals surface area (Å²) in [5.74, 6) is 0. The summed E-state index contributed by atoms with van der Waals surface area (Å²) in [5.41, 5.74) is 9.64. The first-order valence-corrected chi connectivity index (χ1v) is 8.31. The van der Waals surface area contributed by atoms with Gasteiger partial charge in [0.2, 0.25) is 0 Å². The second kappa shape index (κ2) is 6.79. The molecular weight excluding hydrogens is 292 g/mol. The molecule has 2 N–H and O–H groups in total. The van der Waals surface area contributed by atoms with Gasteiger partial charge in [0.1, 0.15) is 0 Å². The summed E-state index contributed by atoms with van der Waals surface area (Å²) in [6, 6.07) is 21.1. The molecule has 0 aromatic heterocycles. The van der Waals surface area contributed by atoms with Crippen LogP contribution in [0.3, 0.4) is 0 Å². The van der Waals surface area contributed by atoms with E-state index < -0.39 is 0 Å². The van der Waals surface area contributed by atoms with Gasteiger partial charge in [-0.05, 0) is 80.3 Å². The quantitative estimate of drug-likeness (QED) is 0.581. The molecule has 0 saturated heterocycles. The number of hydrogen-bond donors (Lipinski definition) is 2. The van der Waals surface area contributed by atoms with Crippen molar-refractivity contribution in [2.75, 3.05) is 10.6 Å². The number of rotatable bonds is 4. The summed E-state index contributed by atoms with van der Waals surface area (Å²) in [7, 11) is 0. The lowest BCUT2D eigenvalue weighted by Crippen LogP contribution is -1.97. The van der Waals surface area contributed by atoms with Crippen molar-refractivity contribution in [3.8, 4) is 0 Å². The molecule has 0 fully saturated rings. The van der Waals surface area contributed by atoms with Crippen LogP contribution in [0.2, 0.25) is 0 Å². The summed E-state index contributed by atoms with van der Waals surface area (Å²) in [6.07, 6.45) is 0. The molecular formula is C22H24N2. The zero-order valence-electron chi connectivity index (χ0n) is 14.8. The number of para-hydroxylation sites is 1. The van der Waals surface area contributed by atoms with E-state index in [4.69, 9.17) is 0 Å². The first-order chi connectivity index (χ1) is 11.5. The summed E-state index contributed by atoms with van der Waals surface area (Å²) >= 11 is 0. The Morgan fingerprint density at radius 2 is 1.04 bits per heavy atom. The fourth-order valence-corrected chi connectivity index (χ4v) is 2.83. The lowest BCUT2D eigenvalue weighted by atomic mass is 10.1. The van der Waals surface area contributed by atoms with Gasteiger partial charge in [-0.15, -0.1) is 0 Å². The van der Waals surface area contributed by atoms with Crippen LogP contribution < -0.4 is 10.6 Å². The third-order valence-corrected chi connectivity index (χ3v) is 4.52. The molecule has 3 aromatic carbocycles.